The van der Waals surface area contributed by atoms with Gasteiger partial charge in [0, 0.05) is 37.1 Å². The van der Waals surface area contributed by atoms with Crippen molar-refractivity contribution in [2.75, 3.05) is 17.2 Å². The molecule has 3 N–H and O–H groups in total. The van der Waals surface area contributed by atoms with Crippen LogP contribution in [0.5, 0.6) is 0 Å². The highest BCUT2D eigenvalue weighted by molar-refractivity contribution is 5.99. The minimum absolute atomic E-state index is 0.0226. The zero-order chi connectivity index (χ0) is 20.2. The van der Waals surface area contributed by atoms with Crippen molar-refractivity contribution in [2.24, 2.45) is 0 Å². The molecule has 2 heterocycles. The van der Waals surface area contributed by atoms with Crippen molar-refractivity contribution >= 4 is 23.2 Å². The number of aromatic nitrogens is 1. The maximum absolute atomic E-state index is 11.6. The molecular formula is C23H22N4O2. The molecule has 0 radical (unpaired) electrons. The number of rotatable bonds is 6. The molecule has 29 heavy (non-hydrogen) atoms. The molecule has 0 saturated carbocycles. The number of carbonyl (C=O) groups excluding carboxylic acids is 2. The number of fused-ring (bicyclic) bond motifs is 1. The molecule has 0 fully saturated rings. The Balaban J connectivity index is 1.58. The smallest absolute Gasteiger partial charge is 0.228 e. The third-order valence-corrected chi connectivity index (χ3v) is 4.90. The third-order valence-electron chi connectivity index (χ3n) is 4.90. The van der Waals surface area contributed by atoms with Gasteiger partial charge in [-0.2, -0.15) is 0 Å². The van der Waals surface area contributed by atoms with E-state index in [-0.39, 0.29) is 17.9 Å². The van der Waals surface area contributed by atoms with Crippen molar-refractivity contribution in [2.45, 2.75) is 19.4 Å². The molecule has 146 valence electrons. The summed E-state index contributed by atoms with van der Waals surface area (Å²) in [5.74, 6) is -0.0460. The molecule has 0 spiro atoms. The van der Waals surface area contributed by atoms with Crippen LogP contribution >= 0.6 is 0 Å². The molecule has 6 heteroatoms. The van der Waals surface area contributed by atoms with Crippen LogP contribution in [0.1, 0.15) is 24.1 Å². The number of nitrogens with one attached hydrogen (secondary N) is 3. The van der Waals surface area contributed by atoms with Crippen molar-refractivity contribution in [1.29, 1.82) is 0 Å². The summed E-state index contributed by atoms with van der Waals surface area (Å²) in [7, 11) is 0. The standard InChI is InChI=1S/C23H22N4O2/c1-15(28)25-14-22(16-5-3-2-4-6-16)26-20-10-19(12-24-13-20)17-7-8-21-18(9-17)11-23(29)27-21/h2-10,12-13,22,26H,11,14H2,1H3,(H,25,28)(H,27,29)/t22-/m0/s1. The highest BCUT2D eigenvalue weighted by Gasteiger charge is 2.18. The van der Waals surface area contributed by atoms with E-state index in [0.717, 1.165) is 33.6 Å². The van der Waals surface area contributed by atoms with Gasteiger partial charge in [-0.3, -0.25) is 14.6 Å². The van der Waals surface area contributed by atoms with Crippen molar-refractivity contribution in [3.05, 3.63) is 78.1 Å². The molecule has 4 rings (SSSR count). The van der Waals surface area contributed by atoms with Crippen LogP contribution in [0, 0.1) is 0 Å². The molecule has 3 aromatic rings. The van der Waals surface area contributed by atoms with E-state index < -0.39 is 0 Å². The molecule has 1 atom stereocenters. The van der Waals surface area contributed by atoms with Crippen molar-refractivity contribution < 1.29 is 9.59 Å². The topological polar surface area (TPSA) is 83.1 Å². The summed E-state index contributed by atoms with van der Waals surface area (Å²) in [6.07, 6.45) is 3.98. The van der Waals surface area contributed by atoms with Gasteiger partial charge in [0.05, 0.1) is 18.2 Å². The summed E-state index contributed by atoms with van der Waals surface area (Å²) in [4.78, 5) is 27.4. The molecule has 2 aromatic carbocycles. The second-order valence-electron chi connectivity index (χ2n) is 7.10. The number of hydrogen-bond acceptors (Lipinski definition) is 4. The van der Waals surface area contributed by atoms with Gasteiger partial charge >= 0.3 is 0 Å². The first-order valence-corrected chi connectivity index (χ1v) is 9.52. The fourth-order valence-electron chi connectivity index (χ4n) is 3.47. The van der Waals surface area contributed by atoms with Crippen LogP contribution in [-0.2, 0) is 16.0 Å². The van der Waals surface area contributed by atoms with Gasteiger partial charge in [0.2, 0.25) is 11.8 Å². The summed E-state index contributed by atoms with van der Waals surface area (Å²) in [5, 5.41) is 9.21. The van der Waals surface area contributed by atoms with E-state index in [4.69, 9.17) is 0 Å². The van der Waals surface area contributed by atoms with E-state index in [1.807, 2.05) is 60.8 Å². The van der Waals surface area contributed by atoms with E-state index in [1.165, 1.54) is 6.92 Å². The number of amides is 2. The minimum atomic E-state index is -0.0843. The lowest BCUT2D eigenvalue weighted by Gasteiger charge is -2.21. The van der Waals surface area contributed by atoms with Gasteiger partial charge in [-0.1, -0.05) is 36.4 Å². The Morgan fingerprint density at radius 1 is 1.10 bits per heavy atom. The zero-order valence-electron chi connectivity index (χ0n) is 16.1. The number of benzene rings is 2. The Labute approximate surface area is 169 Å². The zero-order valence-corrected chi connectivity index (χ0v) is 16.1. The number of nitrogens with zero attached hydrogens (tertiary/aromatic N) is 1. The molecule has 1 aliphatic rings. The van der Waals surface area contributed by atoms with Gasteiger partial charge in [0.15, 0.2) is 0 Å². The van der Waals surface area contributed by atoms with Crippen molar-refractivity contribution in [3.8, 4) is 11.1 Å². The fraction of sp³-hybridized carbons (Fsp3) is 0.174. The Bertz CT molecular complexity index is 1050. The van der Waals surface area contributed by atoms with E-state index in [2.05, 4.69) is 20.9 Å². The predicted molar refractivity (Wildman–Crippen MR) is 113 cm³/mol. The quantitative estimate of drug-likeness (QED) is 0.605. The van der Waals surface area contributed by atoms with Crippen LogP contribution in [0.15, 0.2) is 67.0 Å². The molecule has 6 nitrogen and oxygen atoms in total. The summed E-state index contributed by atoms with van der Waals surface area (Å²) >= 11 is 0. The fourth-order valence-corrected chi connectivity index (χ4v) is 3.47. The van der Waals surface area contributed by atoms with E-state index >= 15 is 0 Å². The Morgan fingerprint density at radius 2 is 1.93 bits per heavy atom. The molecular weight excluding hydrogens is 364 g/mol. The average molecular weight is 386 g/mol. The minimum Gasteiger partial charge on any atom is -0.375 e. The Morgan fingerprint density at radius 3 is 2.72 bits per heavy atom. The summed E-state index contributed by atoms with van der Waals surface area (Å²) < 4.78 is 0. The summed E-state index contributed by atoms with van der Waals surface area (Å²) in [6.45, 7) is 1.98. The summed E-state index contributed by atoms with van der Waals surface area (Å²) in [5.41, 5.74) is 5.78. The normalized spacial score (nSPS) is 13.3. The van der Waals surface area contributed by atoms with Gasteiger partial charge in [-0.25, -0.2) is 0 Å². The van der Waals surface area contributed by atoms with Crippen molar-refractivity contribution in [1.82, 2.24) is 10.3 Å². The van der Waals surface area contributed by atoms with Crippen LogP contribution < -0.4 is 16.0 Å². The third kappa shape index (κ3) is 4.43. The molecule has 0 bridgehead atoms. The van der Waals surface area contributed by atoms with Crippen LogP contribution in [0.4, 0.5) is 11.4 Å². The molecule has 2 amide bonds. The van der Waals surface area contributed by atoms with Gasteiger partial charge in [0.25, 0.3) is 0 Å². The van der Waals surface area contributed by atoms with E-state index in [9.17, 15) is 9.59 Å². The first-order valence-electron chi connectivity index (χ1n) is 9.52. The second-order valence-corrected chi connectivity index (χ2v) is 7.10. The molecule has 1 aliphatic heterocycles. The van der Waals surface area contributed by atoms with Crippen LogP contribution in [0.3, 0.4) is 0 Å². The second kappa shape index (κ2) is 8.14. The Hall–Kier alpha value is -3.67. The van der Waals surface area contributed by atoms with Gasteiger partial charge < -0.3 is 16.0 Å². The largest absolute Gasteiger partial charge is 0.375 e. The summed E-state index contributed by atoms with van der Waals surface area (Å²) in [6, 6.07) is 17.9. The predicted octanol–water partition coefficient (Wildman–Crippen LogP) is 3.53. The maximum atomic E-state index is 11.6. The van der Waals surface area contributed by atoms with Gasteiger partial charge in [-0.15, -0.1) is 0 Å². The van der Waals surface area contributed by atoms with Crippen LogP contribution in [-0.4, -0.2) is 23.3 Å². The van der Waals surface area contributed by atoms with Gasteiger partial charge in [0.1, 0.15) is 0 Å². The lowest BCUT2D eigenvalue weighted by molar-refractivity contribution is -0.119. The highest BCUT2D eigenvalue weighted by atomic mass is 16.2. The Kier molecular flexibility index (Phi) is 5.24. The lowest BCUT2D eigenvalue weighted by Crippen LogP contribution is -2.29. The molecule has 0 saturated heterocycles. The molecule has 0 unspecified atom stereocenters. The number of anilines is 2. The average Bonchev–Trinajstić information content (AvgIpc) is 3.11. The SMILES string of the molecule is CC(=O)NC[C@H](Nc1cncc(-c2ccc3c(c2)CC(=O)N3)c1)c1ccccc1. The number of carbonyl (C=O) groups is 2. The first kappa shape index (κ1) is 18.7. The number of pyridine rings is 1. The monoisotopic (exact) mass is 386 g/mol. The molecule has 1 aromatic heterocycles. The lowest BCUT2D eigenvalue weighted by atomic mass is 10.0. The van der Waals surface area contributed by atoms with Crippen molar-refractivity contribution in [3.63, 3.8) is 0 Å². The van der Waals surface area contributed by atoms with E-state index in [0.29, 0.717) is 13.0 Å². The van der Waals surface area contributed by atoms with Crippen LogP contribution in [0.2, 0.25) is 0 Å². The van der Waals surface area contributed by atoms with Gasteiger partial charge in [-0.05, 0) is 34.9 Å². The first-order chi connectivity index (χ1) is 14.1. The van der Waals surface area contributed by atoms with Crippen LogP contribution in [0.25, 0.3) is 11.1 Å². The highest BCUT2D eigenvalue weighted by Crippen LogP contribution is 2.30. The van der Waals surface area contributed by atoms with E-state index in [1.54, 1.807) is 6.20 Å². The molecule has 0 aliphatic carbocycles. The number of hydrogen-bond donors (Lipinski definition) is 3. The maximum Gasteiger partial charge on any atom is 0.228 e.